The predicted molar refractivity (Wildman–Crippen MR) is 82.2 cm³/mol. The Labute approximate surface area is 122 Å². The van der Waals surface area contributed by atoms with Crippen molar-refractivity contribution in [3.63, 3.8) is 0 Å². The van der Waals surface area contributed by atoms with Crippen LogP contribution in [0.15, 0.2) is 6.20 Å². The maximum Gasteiger partial charge on any atom is 0.225 e. The highest BCUT2D eigenvalue weighted by molar-refractivity contribution is 5.34. The number of rotatable bonds is 3. The first-order valence-corrected chi connectivity index (χ1v) is 8.17. The Morgan fingerprint density at radius 1 is 1.35 bits per heavy atom. The van der Waals surface area contributed by atoms with Gasteiger partial charge in [-0.15, -0.1) is 0 Å². The molecule has 110 valence electrons. The van der Waals surface area contributed by atoms with Crippen molar-refractivity contribution in [1.29, 1.82) is 0 Å². The number of aromatic nitrogens is 2. The summed E-state index contributed by atoms with van der Waals surface area (Å²) in [6, 6.07) is 0. The summed E-state index contributed by atoms with van der Waals surface area (Å²) in [6.45, 7) is 6.53. The lowest BCUT2D eigenvalue weighted by Gasteiger charge is -2.26. The van der Waals surface area contributed by atoms with Gasteiger partial charge in [-0.25, -0.2) is 9.97 Å². The summed E-state index contributed by atoms with van der Waals surface area (Å²) in [5.74, 6) is 1.80. The standard InChI is InChI=1S/C16H26N4/c1-2-4-13-5-6-15-14(11-13)12-18-16(19-15)20-9-3-7-17-8-10-20/h12-13,17H,2-11H2,1H3. The van der Waals surface area contributed by atoms with E-state index in [0.717, 1.165) is 44.5 Å². The Balaban J connectivity index is 1.73. The Morgan fingerprint density at radius 2 is 2.30 bits per heavy atom. The van der Waals surface area contributed by atoms with Crippen LogP contribution in [0.25, 0.3) is 0 Å². The van der Waals surface area contributed by atoms with Crippen LogP contribution in [-0.4, -0.2) is 36.1 Å². The van der Waals surface area contributed by atoms with Crippen LogP contribution in [0.1, 0.15) is 43.9 Å². The van der Waals surface area contributed by atoms with Gasteiger partial charge in [-0.3, -0.25) is 0 Å². The predicted octanol–water partition coefficient (Wildman–Crippen LogP) is 2.18. The van der Waals surface area contributed by atoms with Gasteiger partial charge in [0.1, 0.15) is 0 Å². The van der Waals surface area contributed by atoms with Crippen molar-refractivity contribution in [1.82, 2.24) is 15.3 Å². The molecule has 0 amide bonds. The second kappa shape index (κ2) is 6.53. The third-order valence-corrected chi connectivity index (χ3v) is 4.56. The summed E-state index contributed by atoms with van der Waals surface area (Å²) in [5, 5.41) is 3.43. The van der Waals surface area contributed by atoms with Gasteiger partial charge in [0, 0.05) is 31.5 Å². The molecule has 0 saturated carbocycles. The summed E-state index contributed by atoms with van der Waals surface area (Å²) in [7, 11) is 0. The van der Waals surface area contributed by atoms with E-state index in [1.807, 2.05) is 0 Å². The van der Waals surface area contributed by atoms with E-state index in [0.29, 0.717) is 0 Å². The fourth-order valence-corrected chi connectivity index (χ4v) is 3.43. The molecule has 1 aromatic heterocycles. The molecule has 1 aliphatic carbocycles. The van der Waals surface area contributed by atoms with Crippen LogP contribution in [-0.2, 0) is 12.8 Å². The van der Waals surface area contributed by atoms with Crippen molar-refractivity contribution in [2.45, 2.75) is 45.4 Å². The Morgan fingerprint density at radius 3 is 3.20 bits per heavy atom. The van der Waals surface area contributed by atoms with E-state index in [9.17, 15) is 0 Å². The van der Waals surface area contributed by atoms with Gasteiger partial charge < -0.3 is 10.2 Å². The van der Waals surface area contributed by atoms with Gasteiger partial charge in [-0.05, 0) is 43.7 Å². The fraction of sp³-hybridized carbons (Fsp3) is 0.750. The van der Waals surface area contributed by atoms with E-state index < -0.39 is 0 Å². The number of nitrogens with one attached hydrogen (secondary N) is 1. The molecular weight excluding hydrogens is 248 g/mol. The highest BCUT2D eigenvalue weighted by atomic mass is 15.3. The van der Waals surface area contributed by atoms with Gasteiger partial charge in [0.15, 0.2) is 0 Å². The minimum absolute atomic E-state index is 0.851. The molecule has 1 saturated heterocycles. The highest BCUT2D eigenvalue weighted by Crippen LogP contribution is 2.28. The monoisotopic (exact) mass is 274 g/mol. The zero-order valence-electron chi connectivity index (χ0n) is 12.6. The van der Waals surface area contributed by atoms with Crippen molar-refractivity contribution in [3.05, 3.63) is 17.5 Å². The normalized spacial score (nSPS) is 23.2. The Hall–Kier alpha value is -1.16. The molecule has 1 N–H and O–H groups in total. The van der Waals surface area contributed by atoms with Crippen molar-refractivity contribution >= 4 is 5.95 Å². The van der Waals surface area contributed by atoms with E-state index in [1.165, 1.54) is 43.4 Å². The number of hydrogen-bond donors (Lipinski definition) is 1. The molecule has 1 aromatic rings. The first kappa shape index (κ1) is 13.8. The molecule has 1 atom stereocenters. The average Bonchev–Trinajstić information content (AvgIpc) is 2.76. The molecule has 2 aliphatic rings. The molecular formula is C16H26N4. The third-order valence-electron chi connectivity index (χ3n) is 4.56. The Kier molecular flexibility index (Phi) is 4.51. The van der Waals surface area contributed by atoms with E-state index >= 15 is 0 Å². The van der Waals surface area contributed by atoms with E-state index in [4.69, 9.17) is 4.98 Å². The van der Waals surface area contributed by atoms with Gasteiger partial charge >= 0.3 is 0 Å². The molecule has 3 rings (SSSR count). The van der Waals surface area contributed by atoms with E-state index in [-0.39, 0.29) is 0 Å². The van der Waals surface area contributed by atoms with Gasteiger partial charge in [-0.2, -0.15) is 0 Å². The van der Waals surface area contributed by atoms with Crippen LogP contribution in [0.5, 0.6) is 0 Å². The van der Waals surface area contributed by atoms with Crippen LogP contribution in [0.4, 0.5) is 5.95 Å². The molecule has 4 nitrogen and oxygen atoms in total. The molecule has 0 radical (unpaired) electrons. The van der Waals surface area contributed by atoms with Crippen LogP contribution < -0.4 is 10.2 Å². The van der Waals surface area contributed by atoms with Gasteiger partial charge in [0.2, 0.25) is 5.95 Å². The molecule has 1 unspecified atom stereocenters. The van der Waals surface area contributed by atoms with Crippen LogP contribution in [0.3, 0.4) is 0 Å². The quantitative estimate of drug-likeness (QED) is 0.917. The van der Waals surface area contributed by atoms with Crippen molar-refractivity contribution < 1.29 is 0 Å². The number of aryl methyl sites for hydroxylation is 1. The summed E-state index contributed by atoms with van der Waals surface area (Å²) in [6.07, 6.45) is 9.54. The zero-order valence-corrected chi connectivity index (χ0v) is 12.6. The second-order valence-electron chi connectivity index (χ2n) is 6.13. The van der Waals surface area contributed by atoms with Crippen LogP contribution >= 0.6 is 0 Å². The number of hydrogen-bond acceptors (Lipinski definition) is 4. The SMILES string of the molecule is CCCC1CCc2nc(N3CCCNCC3)ncc2C1. The van der Waals surface area contributed by atoms with Crippen LogP contribution in [0.2, 0.25) is 0 Å². The summed E-state index contributed by atoms with van der Waals surface area (Å²) in [5.41, 5.74) is 2.70. The number of anilines is 1. The number of nitrogens with zero attached hydrogens (tertiary/aromatic N) is 3. The topological polar surface area (TPSA) is 41.1 Å². The third kappa shape index (κ3) is 3.11. The maximum absolute atomic E-state index is 4.86. The van der Waals surface area contributed by atoms with Crippen molar-refractivity contribution in [3.8, 4) is 0 Å². The smallest absolute Gasteiger partial charge is 0.225 e. The molecule has 0 aromatic carbocycles. The molecule has 20 heavy (non-hydrogen) atoms. The largest absolute Gasteiger partial charge is 0.339 e. The summed E-state index contributed by atoms with van der Waals surface area (Å²) in [4.78, 5) is 11.8. The second-order valence-corrected chi connectivity index (χ2v) is 6.13. The highest BCUT2D eigenvalue weighted by Gasteiger charge is 2.21. The van der Waals surface area contributed by atoms with Gasteiger partial charge in [0.05, 0.1) is 0 Å². The lowest BCUT2D eigenvalue weighted by molar-refractivity contribution is 0.417. The van der Waals surface area contributed by atoms with Gasteiger partial charge in [-0.1, -0.05) is 19.8 Å². The van der Waals surface area contributed by atoms with Crippen molar-refractivity contribution in [2.75, 3.05) is 31.1 Å². The minimum Gasteiger partial charge on any atom is -0.339 e. The van der Waals surface area contributed by atoms with Crippen LogP contribution in [0, 0.1) is 5.92 Å². The minimum atomic E-state index is 0.851. The first-order valence-electron chi connectivity index (χ1n) is 8.17. The van der Waals surface area contributed by atoms with Crippen molar-refractivity contribution in [2.24, 2.45) is 5.92 Å². The molecule has 0 bridgehead atoms. The Bertz CT molecular complexity index is 438. The maximum atomic E-state index is 4.86. The van der Waals surface area contributed by atoms with E-state index in [1.54, 1.807) is 0 Å². The molecule has 4 heteroatoms. The fourth-order valence-electron chi connectivity index (χ4n) is 3.43. The zero-order chi connectivity index (χ0) is 13.8. The molecule has 1 fully saturated rings. The lowest BCUT2D eigenvalue weighted by Crippen LogP contribution is -2.30. The first-order chi connectivity index (χ1) is 9.86. The van der Waals surface area contributed by atoms with Gasteiger partial charge in [0.25, 0.3) is 0 Å². The molecule has 0 spiro atoms. The summed E-state index contributed by atoms with van der Waals surface area (Å²) >= 11 is 0. The average molecular weight is 274 g/mol. The molecule has 2 heterocycles. The summed E-state index contributed by atoms with van der Waals surface area (Å²) < 4.78 is 0. The lowest BCUT2D eigenvalue weighted by atomic mass is 9.85. The number of fused-ring (bicyclic) bond motifs is 1. The molecule has 1 aliphatic heterocycles. The van der Waals surface area contributed by atoms with E-state index in [2.05, 4.69) is 28.3 Å².